The highest BCUT2D eigenvalue weighted by Crippen LogP contribution is 1.76. The van der Waals surface area contributed by atoms with Crippen LogP contribution in [0.1, 0.15) is 0 Å². The van der Waals surface area contributed by atoms with Gasteiger partial charge in [-0.1, -0.05) is 0 Å². The van der Waals surface area contributed by atoms with Gasteiger partial charge in [-0.15, -0.1) is 0 Å². The van der Waals surface area contributed by atoms with Crippen LogP contribution in [0.15, 0.2) is 4.99 Å². The molecule has 6 nitrogen and oxygen atoms in total. The van der Waals surface area contributed by atoms with E-state index in [1.165, 1.54) is 0 Å². The van der Waals surface area contributed by atoms with Gasteiger partial charge in [0.05, 0.1) is 13.2 Å². The number of nitrogens with two attached hydrogens (primary N) is 1. The van der Waals surface area contributed by atoms with Crippen LogP contribution >= 0.6 is 0 Å². The monoisotopic (exact) mass is 203 g/mol. The standard InChI is InChI=1S/C8H21N5O/c1-13(2)6-4-10-8(12-9)11-5-7-14-3/h4-7,9H2,1-3H3,(H2,10,11,12). The lowest BCUT2D eigenvalue weighted by Gasteiger charge is -2.10. The smallest absolute Gasteiger partial charge is 0.205 e. The highest BCUT2D eigenvalue weighted by atomic mass is 16.5. The van der Waals surface area contributed by atoms with Crippen molar-refractivity contribution >= 4 is 5.96 Å². The molecule has 0 radical (unpaired) electrons. The van der Waals surface area contributed by atoms with Crippen molar-refractivity contribution in [1.82, 2.24) is 15.6 Å². The zero-order chi connectivity index (χ0) is 10.8. The third-order valence-electron chi connectivity index (χ3n) is 1.55. The molecule has 0 spiro atoms. The van der Waals surface area contributed by atoms with Crippen molar-refractivity contribution in [2.75, 3.05) is 47.4 Å². The largest absolute Gasteiger partial charge is 0.383 e. The molecule has 0 fully saturated rings. The molecular formula is C8H21N5O. The molecule has 0 saturated heterocycles. The molecule has 0 amide bonds. The third-order valence-corrected chi connectivity index (χ3v) is 1.55. The van der Waals surface area contributed by atoms with Gasteiger partial charge in [0.15, 0.2) is 0 Å². The summed E-state index contributed by atoms with van der Waals surface area (Å²) >= 11 is 0. The predicted molar refractivity (Wildman–Crippen MR) is 58.1 cm³/mol. The molecule has 0 aliphatic heterocycles. The minimum atomic E-state index is 0.601. The fourth-order valence-corrected chi connectivity index (χ4v) is 0.786. The lowest BCUT2D eigenvalue weighted by Crippen LogP contribution is -2.43. The Kier molecular flexibility index (Phi) is 8.20. The molecule has 84 valence electrons. The van der Waals surface area contributed by atoms with Gasteiger partial charge in [0, 0.05) is 20.2 Å². The van der Waals surface area contributed by atoms with Gasteiger partial charge >= 0.3 is 0 Å². The molecular weight excluding hydrogens is 182 g/mol. The molecule has 14 heavy (non-hydrogen) atoms. The minimum Gasteiger partial charge on any atom is -0.383 e. The molecule has 0 saturated carbocycles. The van der Waals surface area contributed by atoms with Crippen molar-refractivity contribution in [3.8, 4) is 0 Å². The number of nitrogens with one attached hydrogen (secondary N) is 2. The summed E-state index contributed by atoms with van der Waals surface area (Å²) in [7, 11) is 5.66. The zero-order valence-electron chi connectivity index (χ0n) is 9.21. The number of likely N-dealkylation sites (N-methyl/N-ethyl adjacent to an activating group) is 1. The second kappa shape index (κ2) is 8.74. The third kappa shape index (κ3) is 7.78. The normalized spacial score (nSPS) is 11.9. The maximum absolute atomic E-state index is 5.27. The molecule has 0 bridgehead atoms. The van der Waals surface area contributed by atoms with E-state index in [2.05, 4.69) is 20.6 Å². The Labute approximate surface area is 85.5 Å². The quantitative estimate of drug-likeness (QED) is 0.163. The van der Waals surface area contributed by atoms with Crippen molar-refractivity contribution in [1.29, 1.82) is 0 Å². The average molecular weight is 203 g/mol. The van der Waals surface area contributed by atoms with Crippen LogP contribution in [0, 0.1) is 0 Å². The highest BCUT2D eigenvalue weighted by Gasteiger charge is 1.94. The predicted octanol–water partition coefficient (Wildman–Crippen LogP) is -1.40. The van der Waals surface area contributed by atoms with E-state index in [9.17, 15) is 0 Å². The second-order valence-corrected chi connectivity index (χ2v) is 3.10. The number of aliphatic imine (C=N–C) groups is 1. The fourth-order valence-electron chi connectivity index (χ4n) is 0.786. The average Bonchev–Trinajstić information content (AvgIpc) is 2.15. The summed E-state index contributed by atoms with van der Waals surface area (Å²) in [4.78, 5) is 6.29. The molecule has 0 aromatic heterocycles. The van der Waals surface area contributed by atoms with E-state index in [0.717, 1.165) is 6.54 Å². The molecule has 0 atom stereocenters. The number of ether oxygens (including phenoxy) is 1. The van der Waals surface area contributed by atoms with Crippen LogP contribution in [0.5, 0.6) is 0 Å². The lowest BCUT2D eigenvalue weighted by molar-refractivity contribution is 0.203. The summed E-state index contributed by atoms with van der Waals surface area (Å²) in [6, 6.07) is 0. The van der Waals surface area contributed by atoms with Gasteiger partial charge in [0.2, 0.25) is 5.96 Å². The Morgan fingerprint density at radius 2 is 2.21 bits per heavy atom. The number of hydrogen-bond donors (Lipinski definition) is 3. The van der Waals surface area contributed by atoms with E-state index < -0.39 is 0 Å². The lowest BCUT2D eigenvalue weighted by atomic mass is 10.6. The SMILES string of the molecule is COCCNC(=NCCN(C)C)NN. The Hall–Kier alpha value is -0.850. The van der Waals surface area contributed by atoms with Crippen LogP contribution in [-0.4, -0.2) is 58.3 Å². The van der Waals surface area contributed by atoms with Crippen LogP contribution in [0.4, 0.5) is 0 Å². The molecule has 6 heteroatoms. The van der Waals surface area contributed by atoms with Crippen molar-refractivity contribution in [2.24, 2.45) is 10.8 Å². The molecule has 0 aromatic carbocycles. The molecule has 0 aliphatic carbocycles. The fraction of sp³-hybridized carbons (Fsp3) is 0.875. The molecule has 0 unspecified atom stereocenters. The van der Waals surface area contributed by atoms with E-state index in [1.807, 2.05) is 14.1 Å². The van der Waals surface area contributed by atoms with Crippen LogP contribution in [0.25, 0.3) is 0 Å². The topological polar surface area (TPSA) is 74.9 Å². The first-order chi connectivity index (χ1) is 6.70. The van der Waals surface area contributed by atoms with Crippen molar-refractivity contribution in [2.45, 2.75) is 0 Å². The zero-order valence-corrected chi connectivity index (χ0v) is 9.21. The minimum absolute atomic E-state index is 0.601. The van der Waals surface area contributed by atoms with Gasteiger partial charge in [0.1, 0.15) is 0 Å². The van der Waals surface area contributed by atoms with E-state index >= 15 is 0 Å². The summed E-state index contributed by atoms with van der Waals surface area (Å²) in [5.74, 6) is 5.88. The summed E-state index contributed by atoms with van der Waals surface area (Å²) in [5.41, 5.74) is 2.50. The number of guanidine groups is 1. The van der Waals surface area contributed by atoms with Gasteiger partial charge in [-0.2, -0.15) is 0 Å². The van der Waals surface area contributed by atoms with Crippen molar-refractivity contribution in [3.63, 3.8) is 0 Å². The van der Waals surface area contributed by atoms with Crippen molar-refractivity contribution in [3.05, 3.63) is 0 Å². The van der Waals surface area contributed by atoms with Crippen LogP contribution in [-0.2, 0) is 4.74 Å². The number of hydrogen-bond acceptors (Lipinski definition) is 4. The molecule has 4 N–H and O–H groups in total. The number of methoxy groups -OCH3 is 1. The van der Waals surface area contributed by atoms with Crippen LogP contribution < -0.4 is 16.6 Å². The van der Waals surface area contributed by atoms with Gasteiger partial charge in [-0.25, -0.2) is 5.84 Å². The Morgan fingerprint density at radius 1 is 1.50 bits per heavy atom. The Morgan fingerprint density at radius 3 is 2.71 bits per heavy atom. The van der Waals surface area contributed by atoms with Gasteiger partial charge in [0.25, 0.3) is 0 Å². The second-order valence-electron chi connectivity index (χ2n) is 3.10. The van der Waals surface area contributed by atoms with Gasteiger partial charge in [-0.05, 0) is 14.1 Å². The molecule has 0 aromatic rings. The number of rotatable bonds is 6. The van der Waals surface area contributed by atoms with Crippen LogP contribution in [0.3, 0.4) is 0 Å². The maximum Gasteiger partial charge on any atom is 0.205 e. The van der Waals surface area contributed by atoms with E-state index in [4.69, 9.17) is 10.6 Å². The first-order valence-electron chi connectivity index (χ1n) is 4.59. The molecule has 0 aliphatic rings. The number of hydrazine groups is 1. The first-order valence-corrected chi connectivity index (χ1v) is 4.59. The highest BCUT2D eigenvalue weighted by molar-refractivity contribution is 5.79. The van der Waals surface area contributed by atoms with E-state index in [-0.39, 0.29) is 0 Å². The van der Waals surface area contributed by atoms with Gasteiger partial charge in [-0.3, -0.25) is 10.4 Å². The Bertz CT molecular complexity index is 160. The van der Waals surface area contributed by atoms with E-state index in [0.29, 0.717) is 25.7 Å². The molecule has 0 heterocycles. The van der Waals surface area contributed by atoms with Gasteiger partial charge < -0.3 is 15.0 Å². The summed E-state index contributed by atoms with van der Waals surface area (Å²) in [5, 5.41) is 3.01. The maximum atomic E-state index is 5.27. The van der Waals surface area contributed by atoms with Crippen molar-refractivity contribution < 1.29 is 4.74 Å². The first kappa shape index (κ1) is 13.2. The summed E-state index contributed by atoms with van der Waals surface area (Å²) in [6.07, 6.45) is 0. The van der Waals surface area contributed by atoms with Crippen LogP contribution in [0.2, 0.25) is 0 Å². The summed E-state index contributed by atoms with van der Waals surface area (Å²) < 4.78 is 4.89. The number of nitrogens with zero attached hydrogens (tertiary/aromatic N) is 2. The molecule has 0 rings (SSSR count). The van der Waals surface area contributed by atoms with E-state index in [1.54, 1.807) is 7.11 Å². The summed E-state index contributed by atoms with van der Waals surface area (Å²) in [6.45, 7) is 2.94. The Balaban J connectivity index is 3.63.